The highest BCUT2D eigenvalue weighted by Gasteiger charge is 2.20. The molecule has 9 heteroatoms. The van der Waals surface area contributed by atoms with E-state index in [2.05, 4.69) is 10.3 Å². The Bertz CT molecular complexity index is 747. The number of nitrogens with zero attached hydrogens (tertiary/aromatic N) is 1. The average Bonchev–Trinajstić information content (AvgIpc) is 2.99. The second-order valence-corrected chi connectivity index (χ2v) is 7.82. The van der Waals surface area contributed by atoms with Crippen LogP contribution in [0.5, 0.6) is 0 Å². The average molecular weight is 419 g/mol. The quantitative estimate of drug-likeness (QED) is 0.677. The Kier molecular flexibility index (Phi) is 7.56. The number of aliphatic carboxylic acids is 1. The van der Waals surface area contributed by atoms with Crippen LogP contribution in [0.25, 0.3) is 10.6 Å². The molecule has 2 N–H and O–H groups in total. The van der Waals surface area contributed by atoms with Crippen LogP contribution in [0.1, 0.15) is 12.1 Å². The Morgan fingerprint density at radius 2 is 2.04 bits per heavy atom. The van der Waals surface area contributed by atoms with Gasteiger partial charge >= 0.3 is 5.97 Å². The first-order valence-electron chi connectivity index (χ1n) is 7.32. The Morgan fingerprint density at radius 3 is 2.64 bits per heavy atom. The van der Waals surface area contributed by atoms with E-state index < -0.39 is 12.0 Å². The Hall–Kier alpha value is -1.28. The van der Waals surface area contributed by atoms with Crippen molar-refractivity contribution in [3.8, 4) is 10.6 Å². The van der Waals surface area contributed by atoms with Crippen LogP contribution in [0.2, 0.25) is 10.0 Å². The summed E-state index contributed by atoms with van der Waals surface area (Å²) < 4.78 is 0. The molecule has 1 amide bonds. The lowest BCUT2D eigenvalue weighted by molar-refractivity contribution is -0.141. The third-order valence-corrected chi connectivity index (χ3v) is 5.50. The molecule has 1 unspecified atom stereocenters. The minimum Gasteiger partial charge on any atom is -0.480 e. The van der Waals surface area contributed by atoms with Gasteiger partial charge in [0.25, 0.3) is 0 Å². The molecular formula is C16H16Cl2N2O3S2. The zero-order valence-electron chi connectivity index (χ0n) is 13.3. The predicted molar refractivity (Wildman–Crippen MR) is 104 cm³/mol. The molecule has 0 radical (unpaired) electrons. The van der Waals surface area contributed by atoms with Crippen molar-refractivity contribution in [3.05, 3.63) is 39.3 Å². The molecule has 134 valence electrons. The number of amides is 1. The van der Waals surface area contributed by atoms with Crippen LogP contribution >= 0.6 is 46.3 Å². The van der Waals surface area contributed by atoms with Gasteiger partial charge in [-0.25, -0.2) is 9.78 Å². The molecule has 0 aliphatic carbocycles. The van der Waals surface area contributed by atoms with Crippen molar-refractivity contribution in [2.75, 3.05) is 12.0 Å². The number of nitrogens with one attached hydrogen (secondary N) is 1. The Labute approximate surface area is 163 Å². The third kappa shape index (κ3) is 5.60. The fourth-order valence-electron chi connectivity index (χ4n) is 2.11. The number of rotatable bonds is 8. The van der Waals surface area contributed by atoms with E-state index in [4.69, 9.17) is 28.3 Å². The standard InChI is InChI=1S/C16H16Cl2N2O3S2/c1-24-6-5-12(16(22)23)20-13(21)7-9-8-25-15(19-9)14-10(17)3-2-4-11(14)18/h2-4,8,12H,5-7H2,1H3,(H,20,21)(H,22,23). The number of carboxylic acid groups (broad SMARTS) is 1. The molecular weight excluding hydrogens is 403 g/mol. The van der Waals surface area contributed by atoms with Crippen LogP contribution in [-0.4, -0.2) is 40.0 Å². The van der Waals surface area contributed by atoms with Gasteiger partial charge in [0.05, 0.1) is 22.2 Å². The van der Waals surface area contributed by atoms with Gasteiger partial charge in [-0.1, -0.05) is 29.3 Å². The topological polar surface area (TPSA) is 79.3 Å². The number of halogens is 2. The molecule has 0 aliphatic rings. The van der Waals surface area contributed by atoms with Gasteiger partial charge in [0, 0.05) is 10.9 Å². The molecule has 1 aromatic heterocycles. The molecule has 0 saturated carbocycles. The van der Waals surface area contributed by atoms with E-state index in [0.29, 0.717) is 38.5 Å². The highest BCUT2D eigenvalue weighted by Crippen LogP contribution is 2.36. The smallest absolute Gasteiger partial charge is 0.326 e. The molecule has 0 spiro atoms. The van der Waals surface area contributed by atoms with Crippen molar-refractivity contribution in [2.45, 2.75) is 18.9 Å². The molecule has 5 nitrogen and oxygen atoms in total. The van der Waals surface area contributed by atoms with Crippen molar-refractivity contribution in [2.24, 2.45) is 0 Å². The van der Waals surface area contributed by atoms with Gasteiger partial charge in [0.2, 0.25) is 5.91 Å². The first-order valence-corrected chi connectivity index (χ1v) is 10.3. The maximum Gasteiger partial charge on any atom is 0.326 e. The van der Waals surface area contributed by atoms with Gasteiger partial charge in [-0.3, -0.25) is 4.79 Å². The Balaban J connectivity index is 2.05. The largest absolute Gasteiger partial charge is 0.480 e. The molecule has 0 bridgehead atoms. The number of benzene rings is 1. The van der Waals surface area contributed by atoms with Gasteiger partial charge in [0.15, 0.2) is 0 Å². The van der Waals surface area contributed by atoms with Gasteiger partial charge in [-0.15, -0.1) is 11.3 Å². The second-order valence-electron chi connectivity index (χ2n) is 5.16. The van der Waals surface area contributed by atoms with Crippen LogP contribution in [-0.2, 0) is 16.0 Å². The molecule has 0 aliphatic heterocycles. The molecule has 25 heavy (non-hydrogen) atoms. The zero-order valence-corrected chi connectivity index (χ0v) is 16.4. The maximum absolute atomic E-state index is 12.1. The van der Waals surface area contributed by atoms with Crippen molar-refractivity contribution in [1.82, 2.24) is 10.3 Å². The van der Waals surface area contributed by atoms with Gasteiger partial charge in [-0.05, 0) is 30.6 Å². The van der Waals surface area contributed by atoms with E-state index in [9.17, 15) is 9.59 Å². The van der Waals surface area contributed by atoms with Gasteiger partial charge in [-0.2, -0.15) is 11.8 Å². The molecule has 1 heterocycles. The van der Waals surface area contributed by atoms with E-state index in [1.54, 1.807) is 23.6 Å². The van der Waals surface area contributed by atoms with Crippen LogP contribution in [0, 0.1) is 0 Å². The number of thiazole rings is 1. The van der Waals surface area contributed by atoms with Crippen molar-refractivity contribution in [3.63, 3.8) is 0 Å². The minimum atomic E-state index is -1.04. The van der Waals surface area contributed by atoms with Crippen molar-refractivity contribution < 1.29 is 14.7 Å². The second kappa shape index (κ2) is 9.43. The van der Waals surface area contributed by atoms with Crippen LogP contribution in [0.3, 0.4) is 0 Å². The summed E-state index contributed by atoms with van der Waals surface area (Å²) in [5.74, 6) is -0.761. The molecule has 2 aromatic rings. The monoisotopic (exact) mass is 418 g/mol. The number of thioether (sulfide) groups is 1. The number of carbonyl (C=O) groups is 2. The summed E-state index contributed by atoms with van der Waals surface area (Å²) in [6.45, 7) is 0. The molecule has 1 aromatic carbocycles. The highest BCUT2D eigenvalue weighted by molar-refractivity contribution is 7.98. The first kappa shape index (κ1) is 20.0. The van der Waals surface area contributed by atoms with E-state index in [-0.39, 0.29) is 12.3 Å². The lowest BCUT2D eigenvalue weighted by atomic mass is 10.2. The zero-order chi connectivity index (χ0) is 18.4. The summed E-state index contributed by atoms with van der Waals surface area (Å²) in [6.07, 6.45) is 2.26. The van der Waals surface area contributed by atoms with Crippen molar-refractivity contribution in [1.29, 1.82) is 0 Å². The van der Waals surface area contributed by atoms with E-state index in [1.165, 1.54) is 23.1 Å². The summed E-state index contributed by atoms with van der Waals surface area (Å²) in [5.41, 5.74) is 1.17. The third-order valence-electron chi connectivity index (χ3n) is 3.31. The van der Waals surface area contributed by atoms with Crippen LogP contribution in [0.15, 0.2) is 23.6 Å². The summed E-state index contributed by atoms with van der Waals surface area (Å²) in [7, 11) is 0. The molecule has 2 rings (SSSR count). The lowest BCUT2D eigenvalue weighted by Crippen LogP contribution is -2.41. The van der Waals surface area contributed by atoms with E-state index >= 15 is 0 Å². The first-order chi connectivity index (χ1) is 11.9. The minimum absolute atomic E-state index is 0.00161. The van der Waals surface area contributed by atoms with E-state index in [0.717, 1.165) is 0 Å². The van der Waals surface area contributed by atoms with Gasteiger partial charge in [0.1, 0.15) is 11.0 Å². The van der Waals surface area contributed by atoms with Crippen LogP contribution < -0.4 is 5.32 Å². The number of aromatic nitrogens is 1. The molecule has 0 saturated heterocycles. The molecule has 0 fully saturated rings. The highest BCUT2D eigenvalue weighted by atomic mass is 35.5. The number of carbonyl (C=O) groups excluding carboxylic acids is 1. The molecule has 1 atom stereocenters. The SMILES string of the molecule is CSCCC(NC(=O)Cc1csc(-c2c(Cl)cccc2Cl)n1)C(=O)O. The van der Waals surface area contributed by atoms with Crippen molar-refractivity contribution >= 4 is 58.2 Å². The predicted octanol–water partition coefficient (Wildman–Crippen LogP) is 3.98. The van der Waals surface area contributed by atoms with Gasteiger partial charge < -0.3 is 10.4 Å². The Morgan fingerprint density at radius 1 is 1.36 bits per heavy atom. The fourth-order valence-corrected chi connectivity index (χ4v) is 4.16. The number of hydrogen-bond donors (Lipinski definition) is 2. The summed E-state index contributed by atoms with van der Waals surface area (Å²) in [5, 5.41) is 15.0. The van der Waals surface area contributed by atoms with E-state index in [1.807, 2.05) is 6.26 Å². The number of hydrogen-bond acceptors (Lipinski definition) is 5. The summed E-state index contributed by atoms with van der Waals surface area (Å²) in [6, 6.07) is 4.30. The summed E-state index contributed by atoms with van der Waals surface area (Å²) in [4.78, 5) is 27.7. The lowest BCUT2D eigenvalue weighted by Gasteiger charge is -2.13. The van der Waals surface area contributed by atoms with Crippen LogP contribution in [0.4, 0.5) is 0 Å². The fraction of sp³-hybridized carbons (Fsp3) is 0.312. The number of carboxylic acids is 1. The maximum atomic E-state index is 12.1. The normalized spacial score (nSPS) is 12.0. The summed E-state index contributed by atoms with van der Waals surface area (Å²) >= 11 is 15.2.